The van der Waals surface area contributed by atoms with E-state index < -0.39 is 0 Å². The maximum absolute atomic E-state index is 12.2. The number of nitrogens with one attached hydrogen (secondary N) is 1. The van der Waals surface area contributed by atoms with Gasteiger partial charge < -0.3 is 11.2 Å². The molecule has 0 aliphatic carbocycles. The highest BCUT2D eigenvalue weighted by atomic mass is 35.5. The van der Waals surface area contributed by atoms with Crippen LogP contribution in [0, 0.1) is 13.8 Å². The number of anilines is 1. The number of aromatic nitrogens is 3. The number of thioether (sulfide) groups is 1. The lowest BCUT2D eigenvalue weighted by molar-refractivity contribution is -0.113. The number of halogens is 1. The van der Waals surface area contributed by atoms with Crippen molar-refractivity contribution < 1.29 is 4.79 Å². The van der Waals surface area contributed by atoms with Gasteiger partial charge in [0.1, 0.15) is 0 Å². The Morgan fingerprint density at radius 1 is 1.23 bits per heavy atom. The van der Waals surface area contributed by atoms with E-state index in [4.69, 9.17) is 17.4 Å². The first kappa shape index (κ1) is 18.3. The largest absolute Gasteiger partial charge is 0.335 e. The minimum Gasteiger partial charge on any atom is -0.335 e. The van der Waals surface area contributed by atoms with Crippen LogP contribution in [0.25, 0.3) is 11.4 Å². The molecule has 26 heavy (non-hydrogen) atoms. The maximum atomic E-state index is 12.2. The number of amides is 1. The van der Waals surface area contributed by atoms with Crippen LogP contribution in [0.5, 0.6) is 0 Å². The molecule has 0 bridgehead atoms. The van der Waals surface area contributed by atoms with Crippen LogP contribution in [0.15, 0.2) is 47.6 Å². The number of rotatable bonds is 5. The second-order valence-electron chi connectivity index (χ2n) is 5.84. The fourth-order valence-corrected chi connectivity index (χ4v) is 3.23. The van der Waals surface area contributed by atoms with Gasteiger partial charge in [0, 0.05) is 16.3 Å². The average Bonchev–Trinajstić information content (AvgIpc) is 2.97. The summed E-state index contributed by atoms with van der Waals surface area (Å²) in [6, 6.07) is 13.1. The molecule has 0 unspecified atom stereocenters. The number of carbonyl (C=O) groups excluding carboxylic acids is 1. The Bertz CT molecular complexity index is 957. The first-order valence-corrected chi connectivity index (χ1v) is 9.27. The third-order valence-corrected chi connectivity index (χ3v) is 4.93. The lowest BCUT2D eigenvalue weighted by Crippen LogP contribution is -2.17. The van der Waals surface area contributed by atoms with Crippen LogP contribution in [0.1, 0.15) is 11.1 Å². The van der Waals surface area contributed by atoms with E-state index in [1.807, 2.05) is 44.2 Å². The minimum absolute atomic E-state index is 0.129. The van der Waals surface area contributed by atoms with Crippen LogP contribution in [0.2, 0.25) is 5.02 Å². The highest BCUT2D eigenvalue weighted by Gasteiger charge is 2.14. The maximum Gasteiger partial charge on any atom is 0.234 e. The summed E-state index contributed by atoms with van der Waals surface area (Å²) in [6.45, 7) is 3.94. The molecule has 2 aromatic carbocycles. The van der Waals surface area contributed by atoms with Gasteiger partial charge in [-0.15, -0.1) is 10.2 Å². The molecular weight excluding hydrogens is 370 g/mol. The smallest absolute Gasteiger partial charge is 0.234 e. The number of nitrogens with zero attached hydrogens (tertiary/aromatic N) is 3. The van der Waals surface area contributed by atoms with Crippen molar-refractivity contribution in [1.29, 1.82) is 0 Å². The van der Waals surface area contributed by atoms with Gasteiger partial charge in [-0.3, -0.25) is 4.79 Å². The number of carbonyl (C=O) groups is 1. The molecule has 0 saturated carbocycles. The quantitative estimate of drug-likeness (QED) is 0.515. The van der Waals surface area contributed by atoms with Crippen molar-refractivity contribution in [3.8, 4) is 11.4 Å². The lowest BCUT2D eigenvalue weighted by Gasteiger charge is -2.09. The van der Waals surface area contributed by atoms with Crippen LogP contribution in [-0.2, 0) is 4.79 Å². The molecular formula is C18H18ClN5OS. The van der Waals surface area contributed by atoms with E-state index in [1.165, 1.54) is 16.4 Å². The van der Waals surface area contributed by atoms with Crippen molar-refractivity contribution in [2.75, 3.05) is 16.9 Å². The summed E-state index contributed by atoms with van der Waals surface area (Å²) in [5, 5.41) is 12.1. The first-order chi connectivity index (χ1) is 12.4. The SMILES string of the molecule is Cc1ccc(C)c(NC(=O)CSc2nnc(-c3cccc(Cl)c3)n2N)c1. The second-order valence-corrected chi connectivity index (χ2v) is 7.22. The first-order valence-electron chi connectivity index (χ1n) is 7.90. The number of benzene rings is 2. The summed E-state index contributed by atoms with van der Waals surface area (Å²) in [5.41, 5.74) is 3.68. The summed E-state index contributed by atoms with van der Waals surface area (Å²) >= 11 is 7.22. The van der Waals surface area contributed by atoms with Gasteiger partial charge in [0.15, 0.2) is 5.82 Å². The molecule has 6 nitrogen and oxygen atoms in total. The predicted molar refractivity (Wildman–Crippen MR) is 106 cm³/mol. The van der Waals surface area contributed by atoms with Crippen molar-refractivity contribution in [2.45, 2.75) is 19.0 Å². The number of hydrogen-bond donors (Lipinski definition) is 2. The fraction of sp³-hybridized carbons (Fsp3) is 0.167. The molecule has 1 heterocycles. The normalized spacial score (nSPS) is 10.7. The molecule has 0 radical (unpaired) electrons. The van der Waals surface area contributed by atoms with Crippen molar-refractivity contribution >= 4 is 35.0 Å². The van der Waals surface area contributed by atoms with Crippen LogP contribution in [-0.4, -0.2) is 26.5 Å². The Kier molecular flexibility index (Phi) is 5.49. The highest BCUT2D eigenvalue weighted by molar-refractivity contribution is 7.99. The van der Waals surface area contributed by atoms with Gasteiger partial charge in [0.05, 0.1) is 5.75 Å². The predicted octanol–water partition coefficient (Wildman–Crippen LogP) is 3.66. The standard InChI is InChI=1S/C18H18ClN5OS/c1-11-6-7-12(2)15(8-11)21-16(25)10-26-18-23-22-17(24(18)20)13-4-3-5-14(19)9-13/h3-9H,10,20H2,1-2H3,(H,21,25). The molecule has 3 aromatic rings. The summed E-state index contributed by atoms with van der Waals surface area (Å²) < 4.78 is 1.36. The Morgan fingerprint density at radius 2 is 2.04 bits per heavy atom. The number of nitrogens with two attached hydrogens (primary N) is 1. The molecule has 0 saturated heterocycles. The topological polar surface area (TPSA) is 85.8 Å². The zero-order valence-corrected chi connectivity index (χ0v) is 15.9. The van der Waals surface area contributed by atoms with Gasteiger partial charge in [-0.25, -0.2) is 4.68 Å². The Labute approximate surface area is 160 Å². The van der Waals surface area contributed by atoms with E-state index in [9.17, 15) is 4.79 Å². The van der Waals surface area contributed by atoms with E-state index in [1.54, 1.807) is 12.1 Å². The molecule has 0 spiro atoms. The number of nitrogen functional groups attached to an aromatic ring is 1. The number of hydrogen-bond acceptors (Lipinski definition) is 5. The lowest BCUT2D eigenvalue weighted by atomic mass is 10.1. The van der Waals surface area contributed by atoms with E-state index in [0.717, 1.165) is 22.4 Å². The van der Waals surface area contributed by atoms with E-state index >= 15 is 0 Å². The van der Waals surface area contributed by atoms with Crippen molar-refractivity contribution in [2.24, 2.45) is 0 Å². The minimum atomic E-state index is -0.129. The summed E-state index contributed by atoms with van der Waals surface area (Å²) in [4.78, 5) is 12.2. The third kappa shape index (κ3) is 4.17. The van der Waals surface area contributed by atoms with Crippen LogP contribution >= 0.6 is 23.4 Å². The van der Waals surface area contributed by atoms with Crippen LogP contribution in [0.4, 0.5) is 5.69 Å². The summed E-state index contributed by atoms with van der Waals surface area (Å²) in [5.74, 6) is 6.61. The van der Waals surface area contributed by atoms with Gasteiger partial charge in [0.2, 0.25) is 11.1 Å². The molecule has 1 amide bonds. The van der Waals surface area contributed by atoms with E-state index in [-0.39, 0.29) is 11.7 Å². The highest BCUT2D eigenvalue weighted by Crippen LogP contribution is 2.24. The van der Waals surface area contributed by atoms with Gasteiger partial charge in [-0.1, -0.05) is 47.6 Å². The summed E-state index contributed by atoms with van der Waals surface area (Å²) in [7, 11) is 0. The zero-order valence-electron chi connectivity index (χ0n) is 14.4. The van der Waals surface area contributed by atoms with Gasteiger partial charge >= 0.3 is 0 Å². The molecule has 3 rings (SSSR count). The fourth-order valence-electron chi connectivity index (χ4n) is 2.39. The zero-order chi connectivity index (χ0) is 18.7. The van der Waals surface area contributed by atoms with Crippen molar-refractivity contribution in [3.05, 3.63) is 58.6 Å². The molecule has 0 fully saturated rings. The third-order valence-electron chi connectivity index (χ3n) is 3.75. The molecule has 8 heteroatoms. The van der Waals surface area contributed by atoms with Crippen LogP contribution < -0.4 is 11.2 Å². The Hall–Kier alpha value is -2.51. The molecule has 1 aromatic heterocycles. The molecule has 3 N–H and O–H groups in total. The molecule has 0 atom stereocenters. The second kappa shape index (κ2) is 7.80. The van der Waals surface area contributed by atoms with E-state index in [0.29, 0.717) is 16.0 Å². The molecule has 134 valence electrons. The average molecular weight is 388 g/mol. The molecule has 0 aliphatic heterocycles. The van der Waals surface area contributed by atoms with E-state index in [2.05, 4.69) is 15.5 Å². The Balaban J connectivity index is 1.67. The van der Waals surface area contributed by atoms with Gasteiger partial charge in [0.25, 0.3) is 0 Å². The Morgan fingerprint density at radius 3 is 2.81 bits per heavy atom. The van der Waals surface area contributed by atoms with Gasteiger partial charge in [-0.2, -0.15) is 0 Å². The molecule has 0 aliphatic rings. The van der Waals surface area contributed by atoms with Crippen molar-refractivity contribution in [1.82, 2.24) is 14.9 Å². The van der Waals surface area contributed by atoms with Gasteiger partial charge in [-0.05, 0) is 43.2 Å². The number of aryl methyl sites for hydroxylation is 2. The van der Waals surface area contributed by atoms with Crippen molar-refractivity contribution in [3.63, 3.8) is 0 Å². The summed E-state index contributed by atoms with van der Waals surface area (Å²) in [6.07, 6.45) is 0. The monoisotopic (exact) mass is 387 g/mol. The van der Waals surface area contributed by atoms with Crippen LogP contribution in [0.3, 0.4) is 0 Å².